The smallest absolute Gasteiger partial charge is 0.293 e. The molecule has 0 spiro atoms. The van der Waals surface area contributed by atoms with Gasteiger partial charge in [0.25, 0.3) is 11.8 Å². The maximum Gasteiger partial charge on any atom is 0.293 e. The number of carbonyl (C=O) groups excluding carboxylic acids is 1. The molecule has 0 aliphatic rings. The third-order valence-electron chi connectivity index (χ3n) is 3.96. The molecule has 2 aromatic carbocycles. The number of ether oxygens (including phenoxy) is 1. The number of nitrogens with zero attached hydrogens (tertiary/aromatic N) is 2. The highest BCUT2D eigenvalue weighted by molar-refractivity contribution is 5.91. The minimum atomic E-state index is -0.242. The Morgan fingerprint density at radius 1 is 1.11 bits per heavy atom. The number of aryl methyl sites for hydroxylation is 1. The highest BCUT2D eigenvalue weighted by atomic mass is 16.5. The highest BCUT2D eigenvalue weighted by Gasteiger charge is 2.13. The third-order valence-corrected chi connectivity index (χ3v) is 3.96. The molecular weight excluding hydrogens is 358 g/mol. The molecule has 0 aliphatic carbocycles. The standard InChI is InChI=1S/C21H17N3O4/c1-14-7-9-16(10-8-14)22-19(25)13-27-17-5-2-4-15(12-17)20-23-21(28-24-20)18-6-3-11-26-18/h2-12H,13H2,1H3,(H,22,25). The number of hydrogen-bond donors (Lipinski definition) is 1. The molecule has 4 aromatic rings. The molecular formula is C21H17N3O4. The normalized spacial score (nSPS) is 10.6. The van der Waals surface area contributed by atoms with Crippen molar-refractivity contribution in [3.8, 4) is 28.8 Å². The molecule has 140 valence electrons. The molecule has 2 heterocycles. The van der Waals surface area contributed by atoms with E-state index >= 15 is 0 Å². The van der Waals surface area contributed by atoms with Gasteiger partial charge in [-0.05, 0) is 43.3 Å². The van der Waals surface area contributed by atoms with E-state index in [0.29, 0.717) is 28.8 Å². The summed E-state index contributed by atoms with van der Waals surface area (Å²) in [6, 6.07) is 18.2. The van der Waals surface area contributed by atoms with E-state index in [-0.39, 0.29) is 12.5 Å². The van der Waals surface area contributed by atoms with Crippen LogP contribution in [0.25, 0.3) is 23.0 Å². The average molecular weight is 375 g/mol. The Kier molecular flexibility index (Phi) is 4.88. The molecule has 28 heavy (non-hydrogen) atoms. The van der Waals surface area contributed by atoms with Crippen LogP contribution in [0.3, 0.4) is 0 Å². The molecule has 2 aromatic heterocycles. The zero-order chi connectivity index (χ0) is 19.3. The summed E-state index contributed by atoms with van der Waals surface area (Å²) < 4.78 is 16.1. The first-order valence-electron chi connectivity index (χ1n) is 8.65. The minimum absolute atomic E-state index is 0.110. The number of amides is 1. The van der Waals surface area contributed by atoms with Crippen LogP contribution >= 0.6 is 0 Å². The lowest BCUT2D eigenvalue weighted by atomic mass is 10.2. The van der Waals surface area contributed by atoms with Crippen molar-refractivity contribution in [2.24, 2.45) is 0 Å². The molecule has 1 amide bonds. The SMILES string of the molecule is Cc1ccc(NC(=O)COc2cccc(-c3noc(-c4ccco4)n3)c2)cc1. The molecule has 0 aliphatic heterocycles. The Labute approximate surface area is 161 Å². The van der Waals surface area contributed by atoms with Gasteiger partial charge in [0.2, 0.25) is 5.82 Å². The van der Waals surface area contributed by atoms with Gasteiger partial charge in [-0.15, -0.1) is 0 Å². The Hall–Kier alpha value is -3.87. The monoisotopic (exact) mass is 375 g/mol. The lowest BCUT2D eigenvalue weighted by molar-refractivity contribution is -0.118. The highest BCUT2D eigenvalue weighted by Crippen LogP contribution is 2.25. The molecule has 4 rings (SSSR count). The van der Waals surface area contributed by atoms with Crippen molar-refractivity contribution in [2.45, 2.75) is 6.92 Å². The summed E-state index contributed by atoms with van der Waals surface area (Å²) in [7, 11) is 0. The van der Waals surface area contributed by atoms with Crippen molar-refractivity contribution in [3.63, 3.8) is 0 Å². The van der Waals surface area contributed by atoms with Crippen LogP contribution in [0.4, 0.5) is 5.69 Å². The Morgan fingerprint density at radius 3 is 2.75 bits per heavy atom. The quantitative estimate of drug-likeness (QED) is 0.540. The maximum atomic E-state index is 12.1. The summed E-state index contributed by atoms with van der Waals surface area (Å²) in [5, 5.41) is 6.75. The molecule has 0 bridgehead atoms. The van der Waals surface area contributed by atoms with E-state index in [0.717, 1.165) is 11.3 Å². The predicted molar refractivity (Wildman–Crippen MR) is 103 cm³/mol. The largest absolute Gasteiger partial charge is 0.484 e. The van der Waals surface area contributed by atoms with Gasteiger partial charge in [-0.3, -0.25) is 4.79 Å². The summed E-state index contributed by atoms with van der Waals surface area (Å²) in [5.41, 5.74) is 2.56. The second-order valence-electron chi connectivity index (χ2n) is 6.13. The second-order valence-corrected chi connectivity index (χ2v) is 6.13. The zero-order valence-electron chi connectivity index (χ0n) is 15.1. The lowest BCUT2D eigenvalue weighted by Crippen LogP contribution is -2.20. The molecule has 0 fully saturated rings. The van der Waals surface area contributed by atoms with Crippen LogP contribution in [0.5, 0.6) is 5.75 Å². The fourth-order valence-electron chi connectivity index (χ4n) is 2.55. The van der Waals surface area contributed by atoms with Crippen LogP contribution < -0.4 is 10.1 Å². The van der Waals surface area contributed by atoms with Crippen molar-refractivity contribution >= 4 is 11.6 Å². The fraction of sp³-hybridized carbons (Fsp3) is 0.0952. The van der Waals surface area contributed by atoms with Gasteiger partial charge in [0.05, 0.1) is 6.26 Å². The minimum Gasteiger partial charge on any atom is -0.484 e. The van der Waals surface area contributed by atoms with Crippen molar-refractivity contribution < 1.29 is 18.5 Å². The van der Waals surface area contributed by atoms with Gasteiger partial charge in [-0.2, -0.15) is 4.98 Å². The third kappa shape index (κ3) is 4.09. The summed E-state index contributed by atoms with van der Waals surface area (Å²) in [5.74, 6) is 1.48. The van der Waals surface area contributed by atoms with E-state index in [9.17, 15) is 4.79 Å². The lowest BCUT2D eigenvalue weighted by Gasteiger charge is -2.08. The molecule has 0 saturated carbocycles. The van der Waals surface area contributed by atoms with Crippen LogP contribution in [0.15, 0.2) is 75.9 Å². The van der Waals surface area contributed by atoms with Gasteiger partial charge in [0.15, 0.2) is 12.4 Å². The van der Waals surface area contributed by atoms with Gasteiger partial charge < -0.3 is 19.0 Å². The van der Waals surface area contributed by atoms with Crippen LogP contribution in [-0.4, -0.2) is 22.7 Å². The van der Waals surface area contributed by atoms with Gasteiger partial charge in [0.1, 0.15) is 5.75 Å². The molecule has 1 N–H and O–H groups in total. The number of furan rings is 1. The summed E-state index contributed by atoms with van der Waals surface area (Å²) in [4.78, 5) is 16.4. The Morgan fingerprint density at radius 2 is 1.96 bits per heavy atom. The first kappa shape index (κ1) is 17.5. The Bertz CT molecular complexity index is 1070. The van der Waals surface area contributed by atoms with Crippen LogP contribution in [0.1, 0.15) is 5.56 Å². The number of aromatic nitrogens is 2. The van der Waals surface area contributed by atoms with E-state index in [2.05, 4.69) is 15.5 Å². The number of anilines is 1. The van der Waals surface area contributed by atoms with E-state index in [1.54, 1.807) is 30.3 Å². The molecule has 7 nitrogen and oxygen atoms in total. The predicted octanol–water partition coefficient (Wildman–Crippen LogP) is 4.32. The number of rotatable bonds is 6. The number of nitrogens with one attached hydrogen (secondary N) is 1. The van der Waals surface area contributed by atoms with Gasteiger partial charge in [0, 0.05) is 11.3 Å². The fourth-order valence-corrected chi connectivity index (χ4v) is 2.55. The topological polar surface area (TPSA) is 90.4 Å². The van der Waals surface area contributed by atoms with Crippen LogP contribution in [0, 0.1) is 6.92 Å². The van der Waals surface area contributed by atoms with Gasteiger partial charge in [-0.1, -0.05) is 35.0 Å². The van der Waals surface area contributed by atoms with E-state index in [1.807, 2.05) is 37.3 Å². The van der Waals surface area contributed by atoms with Crippen molar-refractivity contribution in [2.75, 3.05) is 11.9 Å². The molecule has 7 heteroatoms. The average Bonchev–Trinajstić information content (AvgIpc) is 3.40. The number of hydrogen-bond acceptors (Lipinski definition) is 6. The van der Waals surface area contributed by atoms with Crippen molar-refractivity contribution in [3.05, 3.63) is 72.5 Å². The second kappa shape index (κ2) is 7.79. The molecule has 0 saturated heterocycles. The van der Waals surface area contributed by atoms with Crippen molar-refractivity contribution in [1.82, 2.24) is 10.1 Å². The van der Waals surface area contributed by atoms with E-state index in [4.69, 9.17) is 13.7 Å². The maximum absolute atomic E-state index is 12.1. The van der Waals surface area contributed by atoms with Crippen LogP contribution in [0.2, 0.25) is 0 Å². The van der Waals surface area contributed by atoms with Crippen molar-refractivity contribution in [1.29, 1.82) is 0 Å². The van der Waals surface area contributed by atoms with Gasteiger partial charge in [-0.25, -0.2) is 0 Å². The van der Waals surface area contributed by atoms with E-state index in [1.165, 1.54) is 6.26 Å². The number of carbonyl (C=O) groups is 1. The summed E-state index contributed by atoms with van der Waals surface area (Å²) in [6.45, 7) is 1.88. The summed E-state index contributed by atoms with van der Waals surface area (Å²) >= 11 is 0. The molecule has 0 radical (unpaired) electrons. The van der Waals surface area contributed by atoms with Crippen LogP contribution in [-0.2, 0) is 4.79 Å². The molecule has 0 unspecified atom stereocenters. The van der Waals surface area contributed by atoms with Gasteiger partial charge >= 0.3 is 0 Å². The Balaban J connectivity index is 1.40. The zero-order valence-corrected chi connectivity index (χ0v) is 15.1. The first-order chi connectivity index (χ1) is 13.7. The number of benzene rings is 2. The van der Waals surface area contributed by atoms with E-state index < -0.39 is 0 Å². The summed E-state index contributed by atoms with van der Waals surface area (Å²) in [6.07, 6.45) is 1.54. The first-order valence-corrected chi connectivity index (χ1v) is 8.65. The molecule has 0 atom stereocenters.